The number of aromatic nitrogens is 2. The highest BCUT2D eigenvalue weighted by molar-refractivity contribution is 5.73. The second-order valence-electron chi connectivity index (χ2n) is 8.36. The van der Waals surface area contributed by atoms with E-state index in [9.17, 15) is 4.39 Å². The van der Waals surface area contributed by atoms with Crippen molar-refractivity contribution in [3.8, 4) is 11.3 Å². The quantitative estimate of drug-likeness (QED) is 0.738. The molecule has 6 nitrogen and oxygen atoms in total. The normalized spacial score (nSPS) is 18.6. The van der Waals surface area contributed by atoms with Crippen LogP contribution in [-0.2, 0) is 16.8 Å². The molecule has 0 radical (unpaired) electrons. The van der Waals surface area contributed by atoms with Crippen LogP contribution in [0.15, 0.2) is 42.3 Å². The number of nitrogens with one attached hydrogen (secondary N) is 1. The molecule has 2 aliphatic rings. The van der Waals surface area contributed by atoms with E-state index in [0.29, 0.717) is 12.6 Å². The summed E-state index contributed by atoms with van der Waals surface area (Å²) in [6, 6.07) is 6.87. The third-order valence-electron chi connectivity index (χ3n) is 6.14. The Morgan fingerprint density at radius 2 is 2.00 bits per heavy atom. The molecular formula is C23H30FN5O. The lowest BCUT2D eigenvalue weighted by Crippen LogP contribution is -2.49. The van der Waals surface area contributed by atoms with Gasteiger partial charge in [-0.15, -0.1) is 5.73 Å². The first-order chi connectivity index (χ1) is 14.5. The summed E-state index contributed by atoms with van der Waals surface area (Å²) in [7, 11) is 0. The molecule has 0 bridgehead atoms. The second kappa shape index (κ2) is 8.26. The van der Waals surface area contributed by atoms with Gasteiger partial charge in [0.05, 0.1) is 11.2 Å². The number of nitrogens with zero attached hydrogens (tertiary/aromatic N) is 3. The Hall–Kier alpha value is -2.60. The topological polar surface area (TPSA) is 68.3 Å². The molecule has 0 atom stereocenters. The van der Waals surface area contributed by atoms with Crippen molar-refractivity contribution in [3.05, 3.63) is 53.9 Å². The number of hydrogen-bond acceptors (Lipinski definition) is 5. The number of anilines is 1. The van der Waals surface area contributed by atoms with Gasteiger partial charge < -0.3 is 25.3 Å². The number of rotatable bonds is 5. The lowest BCUT2D eigenvalue weighted by Gasteiger charge is -2.44. The van der Waals surface area contributed by atoms with Gasteiger partial charge in [0.25, 0.3) is 0 Å². The zero-order valence-corrected chi connectivity index (χ0v) is 17.7. The maximum absolute atomic E-state index is 13.6. The molecule has 0 saturated carbocycles. The first-order valence-corrected chi connectivity index (χ1v) is 10.5. The fourth-order valence-corrected chi connectivity index (χ4v) is 4.48. The van der Waals surface area contributed by atoms with Gasteiger partial charge in [0, 0.05) is 44.5 Å². The molecule has 1 saturated heterocycles. The lowest BCUT2D eigenvalue weighted by atomic mass is 9.98. The summed E-state index contributed by atoms with van der Waals surface area (Å²) in [5.74, 6) is 1.69. The standard InChI is InChI=1S/C23H30FN5O/c1-4-19(15-25)29-12-11-28-21(26-18-9-13-30-14-10-18)20(27-22(28)23(29,2)3)16-5-7-17(24)8-6-16/h5-8,18,26H,1,9-15,25H2,2-3H3. The zero-order valence-electron chi connectivity index (χ0n) is 17.7. The molecule has 3 heterocycles. The van der Waals surface area contributed by atoms with E-state index in [0.717, 1.165) is 67.7 Å². The van der Waals surface area contributed by atoms with Crippen LogP contribution in [0.3, 0.4) is 0 Å². The fourth-order valence-electron chi connectivity index (χ4n) is 4.48. The van der Waals surface area contributed by atoms with E-state index in [1.54, 1.807) is 12.1 Å². The first-order valence-electron chi connectivity index (χ1n) is 10.5. The van der Waals surface area contributed by atoms with Crippen LogP contribution in [0.4, 0.5) is 10.2 Å². The number of ether oxygens (including phenoxy) is 1. The number of nitrogens with two attached hydrogens (primary N) is 1. The minimum atomic E-state index is -0.387. The van der Waals surface area contributed by atoms with Gasteiger partial charge in [0.15, 0.2) is 0 Å². The van der Waals surface area contributed by atoms with Gasteiger partial charge in [-0.05, 0) is 51.0 Å². The van der Waals surface area contributed by atoms with E-state index in [1.807, 2.05) is 0 Å². The summed E-state index contributed by atoms with van der Waals surface area (Å²) in [4.78, 5) is 7.30. The van der Waals surface area contributed by atoms with E-state index in [-0.39, 0.29) is 11.4 Å². The zero-order chi connectivity index (χ0) is 21.3. The van der Waals surface area contributed by atoms with Crippen LogP contribution in [-0.4, -0.2) is 46.8 Å². The summed E-state index contributed by atoms with van der Waals surface area (Å²) in [5, 5.41) is 3.73. The van der Waals surface area contributed by atoms with Crippen molar-refractivity contribution in [1.29, 1.82) is 0 Å². The SMILES string of the molecule is C=C=C(CN)N1CCn2c(nc(-c3ccc(F)cc3)c2NC2CCOCC2)C1(C)C. The predicted molar refractivity (Wildman–Crippen MR) is 117 cm³/mol. The molecule has 30 heavy (non-hydrogen) atoms. The Labute approximate surface area is 177 Å². The van der Waals surface area contributed by atoms with E-state index in [2.05, 4.69) is 40.9 Å². The highest BCUT2D eigenvalue weighted by Crippen LogP contribution is 2.40. The maximum atomic E-state index is 13.6. The Bertz CT molecular complexity index is 953. The number of hydrogen-bond donors (Lipinski definition) is 2. The highest BCUT2D eigenvalue weighted by Gasteiger charge is 2.40. The van der Waals surface area contributed by atoms with Crippen molar-refractivity contribution < 1.29 is 9.13 Å². The molecule has 7 heteroatoms. The van der Waals surface area contributed by atoms with Gasteiger partial charge in [-0.3, -0.25) is 0 Å². The monoisotopic (exact) mass is 411 g/mol. The van der Waals surface area contributed by atoms with Crippen LogP contribution in [0.5, 0.6) is 0 Å². The van der Waals surface area contributed by atoms with Crippen molar-refractivity contribution in [3.63, 3.8) is 0 Å². The summed E-state index contributed by atoms with van der Waals surface area (Å²) >= 11 is 0. The smallest absolute Gasteiger partial charge is 0.136 e. The molecule has 0 unspecified atom stereocenters. The summed E-state index contributed by atoms with van der Waals surface area (Å²) in [6.45, 7) is 11.6. The third-order valence-corrected chi connectivity index (χ3v) is 6.14. The van der Waals surface area contributed by atoms with Crippen LogP contribution in [0.1, 0.15) is 32.5 Å². The molecule has 0 amide bonds. The van der Waals surface area contributed by atoms with Gasteiger partial charge in [-0.25, -0.2) is 9.37 Å². The number of imidazole rings is 1. The summed E-state index contributed by atoms with van der Waals surface area (Å²) in [5.41, 5.74) is 11.2. The molecule has 2 aromatic rings. The average Bonchev–Trinajstić information content (AvgIpc) is 3.11. The third kappa shape index (κ3) is 3.65. The Kier molecular flexibility index (Phi) is 5.69. The molecule has 1 aromatic heterocycles. The lowest BCUT2D eigenvalue weighted by molar-refractivity contribution is 0.0899. The van der Waals surface area contributed by atoms with E-state index < -0.39 is 0 Å². The summed E-state index contributed by atoms with van der Waals surface area (Å²) < 4.78 is 21.3. The maximum Gasteiger partial charge on any atom is 0.136 e. The van der Waals surface area contributed by atoms with Crippen LogP contribution in [0, 0.1) is 5.82 Å². The van der Waals surface area contributed by atoms with Crippen LogP contribution in [0.25, 0.3) is 11.3 Å². The molecule has 0 spiro atoms. The molecule has 0 aliphatic carbocycles. The first kappa shape index (κ1) is 20.7. The largest absolute Gasteiger partial charge is 0.381 e. The van der Waals surface area contributed by atoms with Crippen molar-refractivity contribution in [2.45, 2.75) is 44.8 Å². The Morgan fingerprint density at radius 1 is 1.30 bits per heavy atom. The summed E-state index contributed by atoms with van der Waals surface area (Å²) in [6.07, 6.45) is 1.91. The highest BCUT2D eigenvalue weighted by atomic mass is 19.1. The molecule has 3 N–H and O–H groups in total. The average molecular weight is 412 g/mol. The molecule has 4 rings (SSSR count). The van der Waals surface area contributed by atoms with Gasteiger partial charge in [-0.1, -0.05) is 6.58 Å². The van der Waals surface area contributed by atoms with Gasteiger partial charge in [0.2, 0.25) is 0 Å². The van der Waals surface area contributed by atoms with Crippen molar-refractivity contribution in [1.82, 2.24) is 14.5 Å². The molecule has 2 aliphatic heterocycles. The number of halogens is 1. The molecule has 1 fully saturated rings. The van der Waals surface area contributed by atoms with Crippen LogP contribution >= 0.6 is 0 Å². The van der Waals surface area contributed by atoms with Gasteiger partial charge in [-0.2, -0.15) is 0 Å². The number of benzene rings is 1. The predicted octanol–water partition coefficient (Wildman–Crippen LogP) is 3.46. The molecule has 1 aromatic carbocycles. The van der Waals surface area contributed by atoms with E-state index >= 15 is 0 Å². The van der Waals surface area contributed by atoms with E-state index in [1.165, 1.54) is 12.1 Å². The van der Waals surface area contributed by atoms with Crippen molar-refractivity contribution >= 4 is 5.82 Å². The van der Waals surface area contributed by atoms with Gasteiger partial charge >= 0.3 is 0 Å². The van der Waals surface area contributed by atoms with Crippen LogP contribution in [0.2, 0.25) is 0 Å². The number of fused-ring (bicyclic) bond motifs is 1. The van der Waals surface area contributed by atoms with Crippen molar-refractivity contribution in [2.75, 3.05) is 31.6 Å². The molecule has 160 valence electrons. The van der Waals surface area contributed by atoms with Gasteiger partial charge in [0.1, 0.15) is 23.2 Å². The Balaban J connectivity index is 1.81. The Morgan fingerprint density at radius 3 is 2.63 bits per heavy atom. The van der Waals surface area contributed by atoms with Crippen molar-refractivity contribution in [2.24, 2.45) is 5.73 Å². The molecular weight excluding hydrogens is 381 g/mol. The fraction of sp³-hybridized carbons (Fsp3) is 0.478. The minimum Gasteiger partial charge on any atom is -0.381 e. The minimum absolute atomic E-state index is 0.253. The van der Waals surface area contributed by atoms with E-state index in [4.69, 9.17) is 15.5 Å². The van der Waals surface area contributed by atoms with Crippen LogP contribution < -0.4 is 11.1 Å². The second-order valence-corrected chi connectivity index (χ2v) is 8.36.